The fourth-order valence-electron chi connectivity index (χ4n) is 5.36. The van der Waals surface area contributed by atoms with E-state index in [-0.39, 0.29) is 30.2 Å². The molecule has 0 bridgehead atoms. The van der Waals surface area contributed by atoms with Crippen LogP contribution in [0.3, 0.4) is 0 Å². The average Bonchev–Trinajstić information content (AvgIpc) is 3.12. The van der Waals surface area contributed by atoms with Gasteiger partial charge in [-0.05, 0) is 50.7 Å². The molecule has 1 aliphatic heterocycles. The number of para-hydroxylation sites is 1. The topological polar surface area (TPSA) is 138 Å². The van der Waals surface area contributed by atoms with E-state index in [1.165, 1.54) is 16.9 Å². The number of nitrogens with zero attached hydrogens (tertiary/aromatic N) is 3. The van der Waals surface area contributed by atoms with Crippen LogP contribution < -0.4 is 10.6 Å². The van der Waals surface area contributed by atoms with Crippen molar-refractivity contribution in [3.05, 3.63) is 42.1 Å². The number of ether oxygens (including phenoxy) is 1. The molecular weight excluding hydrogens is 538 g/mol. The van der Waals surface area contributed by atoms with Crippen molar-refractivity contribution >= 4 is 40.5 Å². The molecule has 2 N–H and O–H groups in total. The molecule has 11 heteroatoms. The molecule has 228 valence electrons. The Morgan fingerprint density at radius 3 is 2.48 bits per heavy atom. The van der Waals surface area contributed by atoms with Gasteiger partial charge in [0.25, 0.3) is 5.91 Å². The number of rotatable bonds is 10. The first-order chi connectivity index (χ1) is 20.0. The van der Waals surface area contributed by atoms with Crippen LogP contribution in [0.25, 0.3) is 10.9 Å². The number of likely N-dealkylation sites (tertiary alicyclic amines) is 1. The van der Waals surface area contributed by atoms with Crippen molar-refractivity contribution in [3.63, 3.8) is 0 Å². The maximum absolute atomic E-state index is 13.7. The number of urea groups is 1. The highest BCUT2D eigenvalue weighted by atomic mass is 16.5. The summed E-state index contributed by atoms with van der Waals surface area (Å²) in [6, 6.07) is 5.70. The van der Waals surface area contributed by atoms with E-state index in [1.54, 1.807) is 31.4 Å². The number of Topliss-reactive ketones (excluding diaryl/α,β-unsaturated/α-hetero) is 1. The number of benzene rings is 1. The number of hydrogen-bond acceptors (Lipinski definition) is 7. The smallest absolute Gasteiger partial charge is 0.328 e. The van der Waals surface area contributed by atoms with E-state index in [9.17, 15) is 24.0 Å². The van der Waals surface area contributed by atoms with E-state index in [2.05, 4.69) is 15.6 Å². The van der Waals surface area contributed by atoms with Crippen LogP contribution in [-0.2, 0) is 19.1 Å². The molecule has 0 unspecified atom stereocenters. The van der Waals surface area contributed by atoms with Crippen molar-refractivity contribution in [1.82, 2.24) is 25.4 Å². The molecule has 4 atom stereocenters. The molecule has 1 saturated heterocycles. The maximum Gasteiger partial charge on any atom is 0.328 e. The zero-order valence-electron chi connectivity index (χ0n) is 25.4. The van der Waals surface area contributed by atoms with E-state index >= 15 is 0 Å². The molecule has 0 aliphatic carbocycles. The van der Waals surface area contributed by atoms with Gasteiger partial charge in [-0.1, -0.05) is 45.4 Å². The second kappa shape index (κ2) is 14.7. The van der Waals surface area contributed by atoms with Crippen molar-refractivity contribution in [2.45, 2.75) is 84.0 Å². The molecule has 4 amide bonds. The van der Waals surface area contributed by atoms with Gasteiger partial charge in [-0.3, -0.25) is 19.4 Å². The predicted octanol–water partition coefficient (Wildman–Crippen LogP) is 3.31. The summed E-state index contributed by atoms with van der Waals surface area (Å²) in [5, 5.41) is 6.41. The number of hydrogen-bond donors (Lipinski definition) is 2. The number of amides is 4. The third kappa shape index (κ3) is 7.83. The Labute approximate surface area is 247 Å². The van der Waals surface area contributed by atoms with Crippen molar-refractivity contribution < 1.29 is 28.7 Å². The van der Waals surface area contributed by atoms with Crippen LogP contribution in [0.1, 0.15) is 70.2 Å². The van der Waals surface area contributed by atoms with Crippen LogP contribution in [0.15, 0.2) is 36.5 Å². The molecule has 0 saturated carbocycles. The lowest BCUT2D eigenvalue weighted by atomic mass is 10.0. The fraction of sp³-hybridized carbons (Fsp3) is 0.548. The third-order valence-corrected chi connectivity index (χ3v) is 7.71. The van der Waals surface area contributed by atoms with Gasteiger partial charge in [-0.15, -0.1) is 0 Å². The second-order valence-electron chi connectivity index (χ2n) is 11.3. The van der Waals surface area contributed by atoms with Gasteiger partial charge in [-0.25, -0.2) is 9.59 Å². The lowest BCUT2D eigenvalue weighted by Gasteiger charge is -2.30. The first-order valence-electron chi connectivity index (χ1n) is 14.6. The summed E-state index contributed by atoms with van der Waals surface area (Å²) in [7, 11) is 2.83. The highest BCUT2D eigenvalue weighted by Crippen LogP contribution is 2.21. The molecule has 1 aromatic carbocycles. The van der Waals surface area contributed by atoms with Gasteiger partial charge in [0.1, 0.15) is 12.1 Å². The Hall–Kier alpha value is -4.02. The first-order valence-corrected chi connectivity index (χ1v) is 14.6. The maximum atomic E-state index is 13.7. The molecule has 2 aromatic rings. The van der Waals surface area contributed by atoms with Crippen LogP contribution in [-0.4, -0.2) is 89.3 Å². The molecule has 0 radical (unpaired) electrons. The van der Waals surface area contributed by atoms with Crippen LogP contribution in [0, 0.1) is 5.92 Å². The third-order valence-electron chi connectivity index (χ3n) is 7.71. The average molecular weight is 582 g/mol. The van der Waals surface area contributed by atoms with Crippen molar-refractivity contribution in [2.24, 2.45) is 5.92 Å². The molecule has 3 rings (SSSR count). The summed E-state index contributed by atoms with van der Waals surface area (Å²) in [4.78, 5) is 73.0. The molecule has 11 nitrogen and oxygen atoms in total. The van der Waals surface area contributed by atoms with Crippen LogP contribution >= 0.6 is 0 Å². The van der Waals surface area contributed by atoms with Gasteiger partial charge in [0.05, 0.1) is 30.8 Å². The Balaban J connectivity index is 1.73. The van der Waals surface area contributed by atoms with Gasteiger partial charge < -0.3 is 25.2 Å². The summed E-state index contributed by atoms with van der Waals surface area (Å²) >= 11 is 0. The minimum Gasteiger partial charge on any atom is -0.467 e. The van der Waals surface area contributed by atoms with Crippen LogP contribution in [0.4, 0.5) is 4.79 Å². The van der Waals surface area contributed by atoms with E-state index in [4.69, 9.17) is 4.74 Å². The molecule has 0 spiro atoms. The summed E-state index contributed by atoms with van der Waals surface area (Å²) in [6.07, 6.45) is 3.88. The normalized spacial score (nSPS) is 18.6. The molecule has 2 heterocycles. The van der Waals surface area contributed by atoms with Crippen molar-refractivity contribution in [3.8, 4) is 0 Å². The van der Waals surface area contributed by atoms with E-state index < -0.39 is 36.0 Å². The number of carbonyl (C=O) groups excluding carboxylic acids is 5. The highest BCUT2D eigenvalue weighted by molar-refractivity contribution is 6.07. The number of methoxy groups -OCH3 is 1. The number of esters is 1. The van der Waals surface area contributed by atoms with Crippen molar-refractivity contribution in [1.29, 1.82) is 0 Å². The largest absolute Gasteiger partial charge is 0.467 e. The molecule has 42 heavy (non-hydrogen) atoms. The molecule has 1 aliphatic rings. The lowest BCUT2D eigenvalue weighted by molar-refractivity contribution is -0.143. The summed E-state index contributed by atoms with van der Waals surface area (Å²) in [6.45, 7) is 7.42. The second-order valence-corrected chi connectivity index (χ2v) is 11.3. The zero-order valence-corrected chi connectivity index (χ0v) is 25.4. The number of ketones is 1. The summed E-state index contributed by atoms with van der Waals surface area (Å²) in [5.41, 5.74) is 0.913. The van der Waals surface area contributed by atoms with Gasteiger partial charge >= 0.3 is 12.0 Å². The minimum atomic E-state index is -0.837. The first kappa shape index (κ1) is 32.5. The van der Waals surface area contributed by atoms with Crippen LogP contribution in [0.2, 0.25) is 0 Å². The Morgan fingerprint density at radius 1 is 1.10 bits per heavy atom. The van der Waals surface area contributed by atoms with Gasteiger partial charge in [0, 0.05) is 24.7 Å². The zero-order chi connectivity index (χ0) is 31.0. The SMILES string of the molecule is CCC[C@H](NC(=O)c1cccc2cccnc12)C(=O)N(C)[C@H]1CC[C@@H](C)N(C(=O)N[C@@H](CC(C)C)C(=O)OC)CC1=O. The van der Waals surface area contributed by atoms with Gasteiger partial charge in [0.2, 0.25) is 5.91 Å². The molecular formula is C31H43N5O6. The number of carbonyl (C=O) groups is 5. The Morgan fingerprint density at radius 2 is 1.81 bits per heavy atom. The van der Waals surface area contributed by atoms with E-state index in [0.717, 1.165) is 5.39 Å². The lowest BCUT2D eigenvalue weighted by Crippen LogP contribution is -2.54. The predicted molar refractivity (Wildman–Crippen MR) is 159 cm³/mol. The Kier molecular flexibility index (Phi) is 11.4. The quantitative estimate of drug-likeness (QED) is 0.411. The number of likely N-dealkylation sites (N-methyl/N-ethyl adjacent to an activating group) is 1. The molecule has 1 aromatic heterocycles. The number of pyridine rings is 1. The monoisotopic (exact) mass is 581 g/mol. The minimum absolute atomic E-state index is 0.134. The fourth-order valence-corrected chi connectivity index (χ4v) is 5.36. The number of fused-ring (bicyclic) bond motifs is 1. The molecule has 1 fully saturated rings. The Bertz CT molecular complexity index is 1290. The van der Waals surface area contributed by atoms with Crippen molar-refractivity contribution in [2.75, 3.05) is 20.7 Å². The number of nitrogens with one attached hydrogen (secondary N) is 2. The van der Waals surface area contributed by atoms with E-state index in [1.807, 2.05) is 39.8 Å². The highest BCUT2D eigenvalue weighted by Gasteiger charge is 2.38. The standard InChI is InChI=1S/C31H43N5O6/c1-7-10-23(33-28(38)22-13-8-11-21-12-9-16-32-27(21)22)29(39)35(5)25-15-14-20(4)36(18-26(25)37)31(41)34-24(17-19(2)3)30(40)42-6/h8-9,11-13,16,19-20,23-25H,7,10,14-15,17-18H2,1-6H3,(H,33,38)(H,34,41)/t20-,23+,24+,25+/m1/s1. The summed E-state index contributed by atoms with van der Waals surface area (Å²) < 4.78 is 4.85. The summed E-state index contributed by atoms with van der Waals surface area (Å²) in [5.74, 6) is -1.48. The van der Waals surface area contributed by atoms with E-state index in [0.29, 0.717) is 43.2 Å². The van der Waals surface area contributed by atoms with Crippen LogP contribution in [0.5, 0.6) is 0 Å². The van der Waals surface area contributed by atoms with Gasteiger partial charge in [-0.2, -0.15) is 0 Å². The van der Waals surface area contributed by atoms with Gasteiger partial charge in [0.15, 0.2) is 5.78 Å². The number of aromatic nitrogens is 1.